The minimum absolute atomic E-state index is 0.106. The molecule has 0 fully saturated rings. The second-order valence-corrected chi connectivity index (χ2v) is 8.41. The van der Waals surface area contributed by atoms with E-state index < -0.39 is 10.0 Å². The Morgan fingerprint density at radius 2 is 1.67 bits per heavy atom. The van der Waals surface area contributed by atoms with Crippen LogP contribution in [0.15, 0.2) is 54.6 Å². The van der Waals surface area contributed by atoms with Crippen molar-refractivity contribution in [1.82, 2.24) is 4.90 Å². The van der Waals surface area contributed by atoms with Gasteiger partial charge in [0.1, 0.15) is 12.6 Å². The lowest BCUT2D eigenvalue weighted by Crippen LogP contribution is -2.45. The van der Waals surface area contributed by atoms with Gasteiger partial charge >= 0.3 is 0 Å². The second kappa shape index (κ2) is 8.69. The fourth-order valence-corrected chi connectivity index (χ4v) is 3.58. The van der Waals surface area contributed by atoms with Gasteiger partial charge in [-0.2, -0.15) is 5.26 Å². The molecule has 0 aliphatic carbocycles. The summed E-state index contributed by atoms with van der Waals surface area (Å²) in [4.78, 5) is 14.6. The van der Waals surface area contributed by atoms with Gasteiger partial charge in [0.05, 0.1) is 17.5 Å². The van der Waals surface area contributed by atoms with E-state index in [-0.39, 0.29) is 29.7 Å². The van der Waals surface area contributed by atoms with E-state index in [1.807, 2.05) is 50.2 Å². The van der Waals surface area contributed by atoms with Gasteiger partial charge < -0.3 is 4.90 Å². The van der Waals surface area contributed by atoms with Crippen molar-refractivity contribution >= 4 is 21.6 Å². The predicted octanol–water partition coefficient (Wildman–Crippen LogP) is 2.76. The third kappa shape index (κ3) is 5.31. The van der Waals surface area contributed by atoms with E-state index in [2.05, 4.69) is 0 Å². The van der Waals surface area contributed by atoms with E-state index in [4.69, 9.17) is 0 Å². The molecule has 0 unspecified atom stereocenters. The van der Waals surface area contributed by atoms with E-state index in [1.54, 1.807) is 17.0 Å². The van der Waals surface area contributed by atoms with Crippen LogP contribution in [-0.4, -0.2) is 38.1 Å². The van der Waals surface area contributed by atoms with Crippen LogP contribution in [-0.2, 0) is 21.4 Å². The summed E-state index contributed by atoms with van der Waals surface area (Å²) < 4.78 is 25.7. The molecule has 0 aliphatic heterocycles. The van der Waals surface area contributed by atoms with Crippen LogP contribution in [0.5, 0.6) is 0 Å². The number of hydrogen-bond acceptors (Lipinski definition) is 4. The van der Waals surface area contributed by atoms with Crippen LogP contribution in [0.25, 0.3) is 0 Å². The summed E-state index contributed by atoms with van der Waals surface area (Å²) in [6, 6.07) is 17.8. The summed E-state index contributed by atoms with van der Waals surface area (Å²) >= 11 is 0. The summed E-state index contributed by atoms with van der Waals surface area (Å²) in [5, 5.41) is 9.29. The average Bonchev–Trinajstić information content (AvgIpc) is 2.63. The first-order chi connectivity index (χ1) is 12.7. The minimum atomic E-state index is -3.74. The van der Waals surface area contributed by atoms with Gasteiger partial charge in [0.2, 0.25) is 15.9 Å². The maximum absolute atomic E-state index is 13.0. The molecule has 0 heterocycles. The van der Waals surface area contributed by atoms with Gasteiger partial charge in [0.25, 0.3) is 0 Å². The van der Waals surface area contributed by atoms with Crippen LogP contribution >= 0.6 is 0 Å². The van der Waals surface area contributed by atoms with E-state index in [0.29, 0.717) is 6.54 Å². The van der Waals surface area contributed by atoms with Crippen LogP contribution in [0.1, 0.15) is 25.0 Å². The largest absolute Gasteiger partial charge is 0.334 e. The third-order valence-corrected chi connectivity index (χ3v) is 5.24. The highest BCUT2D eigenvalue weighted by molar-refractivity contribution is 7.92. The Balaban J connectivity index is 2.33. The summed E-state index contributed by atoms with van der Waals surface area (Å²) in [5.74, 6) is -0.327. The molecule has 0 saturated heterocycles. The number of anilines is 1. The second-order valence-electron chi connectivity index (χ2n) is 6.50. The number of carbonyl (C=O) groups excluding carboxylic acids is 1. The molecule has 0 aliphatic rings. The Morgan fingerprint density at radius 1 is 1.07 bits per heavy atom. The van der Waals surface area contributed by atoms with Crippen molar-refractivity contribution in [3.05, 3.63) is 65.7 Å². The fraction of sp³-hybridized carbons (Fsp3) is 0.300. The van der Waals surface area contributed by atoms with Crippen LogP contribution in [0.4, 0.5) is 5.69 Å². The minimum Gasteiger partial charge on any atom is -0.334 e. The Labute approximate surface area is 160 Å². The van der Waals surface area contributed by atoms with Gasteiger partial charge in [-0.1, -0.05) is 42.5 Å². The highest BCUT2D eigenvalue weighted by Crippen LogP contribution is 2.22. The normalized spacial score (nSPS) is 11.1. The molecule has 27 heavy (non-hydrogen) atoms. The van der Waals surface area contributed by atoms with Crippen molar-refractivity contribution in [2.45, 2.75) is 26.4 Å². The maximum Gasteiger partial charge on any atom is 0.243 e. The highest BCUT2D eigenvalue weighted by atomic mass is 32.2. The van der Waals surface area contributed by atoms with Gasteiger partial charge in [0, 0.05) is 12.6 Å². The smallest absolute Gasteiger partial charge is 0.243 e. The Hall–Kier alpha value is -2.85. The van der Waals surface area contributed by atoms with Gasteiger partial charge in [-0.25, -0.2) is 8.42 Å². The number of sulfonamides is 1. The average molecular weight is 385 g/mol. The van der Waals surface area contributed by atoms with E-state index in [0.717, 1.165) is 16.1 Å². The SMILES string of the molecule is CC(C)N(Cc1ccccc1)C(=O)CN(c1ccccc1C#N)S(C)(=O)=O. The van der Waals surface area contributed by atoms with Crippen molar-refractivity contribution in [2.24, 2.45) is 0 Å². The topological polar surface area (TPSA) is 81.5 Å². The molecule has 2 aromatic carbocycles. The molecule has 0 spiro atoms. The lowest BCUT2D eigenvalue weighted by atomic mass is 10.1. The molecule has 2 aromatic rings. The molecule has 7 heteroatoms. The summed E-state index contributed by atoms with van der Waals surface area (Å²) in [7, 11) is -3.74. The molecular formula is C20H23N3O3S. The maximum atomic E-state index is 13.0. The first-order valence-corrected chi connectivity index (χ1v) is 10.4. The first-order valence-electron chi connectivity index (χ1n) is 8.54. The molecule has 0 atom stereocenters. The van der Waals surface area contributed by atoms with E-state index >= 15 is 0 Å². The molecular weight excluding hydrogens is 362 g/mol. The number of para-hydroxylation sites is 1. The van der Waals surface area contributed by atoms with E-state index in [1.165, 1.54) is 12.1 Å². The molecule has 0 bridgehead atoms. The first kappa shape index (κ1) is 20.5. The summed E-state index contributed by atoms with van der Waals surface area (Å²) in [5.41, 5.74) is 1.37. The Bertz CT molecular complexity index is 934. The number of benzene rings is 2. The van der Waals surface area contributed by atoms with Crippen LogP contribution < -0.4 is 4.31 Å². The predicted molar refractivity (Wildman–Crippen MR) is 105 cm³/mol. The number of rotatable bonds is 7. The number of nitriles is 1. The zero-order valence-corrected chi connectivity index (χ0v) is 16.5. The molecule has 0 aromatic heterocycles. The monoisotopic (exact) mass is 385 g/mol. The molecule has 0 saturated carbocycles. The Kier molecular flexibility index (Phi) is 6.59. The van der Waals surface area contributed by atoms with Gasteiger partial charge in [-0.05, 0) is 31.5 Å². The van der Waals surface area contributed by atoms with Crippen molar-refractivity contribution in [3.63, 3.8) is 0 Å². The van der Waals surface area contributed by atoms with Crippen molar-refractivity contribution in [1.29, 1.82) is 5.26 Å². The quantitative estimate of drug-likeness (QED) is 0.734. The van der Waals surface area contributed by atoms with Crippen LogP contribution in [0.3, 0.4) is 0 Å². The lowest BCUT2D eigenvalue weighted by Gasteiger charge is -2.30. The lowest BCUT2D eigenvalue weighted by molar-refractivity contribution is -0.131. The summed E-state index contributed by atoms with van der Waals surface area (Å²) in [6.07, 6.45) is 1.03. The molecule has 0 N–H and O–H groups in total. The molecule has 0 radical (unpaired) electrons. The van der Waals surface area contributed by atoms with Crippen molar-refractivity contribution in [2.75, 3.05) is 17.1 Å². The summed E-state index contributed by atoms with van der Waals surface area (Å²) in [6.45, 7) is 3.79. The molecule has 6 nitrogen and oxygen atoms in total. The third-order valence-electron chi connectivity index (χ3n) is 4.11. The number of carbonyl (C=O) groups is 1. The molecule has 1 amide bonds. The van der Waals surface area contributed by atoms with E-state index in [9.17, 15) is 18.5 Å². The Morgan fingerprint density at radius 3 is 2.22 bits per heavy atom. The highest BCUT2D eigenvalue weighted by Gasteiger charge is 2.27. The molecule has 2 rings (SSSR count). The van der Waals surface area contributed by atoms with Crippen molar-refractivity contribution in [3.8, 4) is 6.07 Å². The number of hydrogen-bond donors (Lipinski definition) is 0. The van der Waals surface area contributed by atoms with Gasteiger partial charge in [-0.15, -0.1) is 0 Å². The fourth-order valence-electron chi connectivity index (χ4n) is 2.72. The zero-order chi connectivity index (χ0) is 20.0. The van der Waals surface area contributed by atoms with Crippen LogP contribution in [0.2, 0.25) is 0 Å². The van der Waals surface area contributed by atoms with Crippen molar-refractivity contribution < 1.29 is 13.2 Å². The van der Waals surface area contributed by atoms with Gasteiger partial charge in [0.15, 0.2) is 0 Å². The zero-order valence-electron chi connectivity index (χ0n) is 15.7. The number of amides is 1. The van der Waals surface area contributed by atoms with Gasteiger partial charge in [-0.3, -0.25) is 9.10 Å². The number of nitrogens with zero attached hydrogens (tertiary/aromatic N) is 3. The standard InChI is InChI=1S/C20H23N3O3S/c1-16(2)22(14-17-9-5-4-6-10-17)20(24)15-23(27(3,25)26)19-12-8-7-11-18(19)13-21/h4-12,16H,14-15H2,1-3H3. The molecule has 142 valence electrons. The van der Waals surface area contributed by atoms with Crippen LogP contribution in [0, 0.1) is 11.3 Å².